The van der Waals surface area contributed by atoms with Gasteiger partial charge in [0, 0.05) is 55.1 Å². The number of benzene rings is 7. The van der Waals surface area contributed by atoms with Crippen molar-refractivity contribution in [2.24, 2.45) is 0 Å². The Labute approximate surface area is 394 Å². The Morgan fingerprint density at radius 2 is 1.35 bits per heavy atom. The average Bonchev–Trinajstić information content (AvgIpc) is 3.92. The molecule has 9 rings (SSSR count). The van der Waals surface area contributed by atoms with Gasteiger partial charge >= 0.3 is 0 Å². The van der Waals surface area contributed by atoms with E-state index in [-0.39, 0.29) is 49.5 Å². The van der Waals surface area contributed by atoms with Crippen LogP contribution in [-0.2, 0) is 26.5 Å². The van der Waals surface area contributed by atoms with E-state index in [9.17, 15) is 6.48 Å². The Hall–Kier alpha value is -6.35. The van der Waals surface area contributed by atoms with Crippen LogP contribution in [0, 0.1) is 26.8 Å². The number of hydrogen-bond acceptors (Lipinski definition) is 3. The number of fused-ring (bicyclic) bond motifs is 1. The summed E-state index contributed by atoms with van der Waals surface area (Å²) in [7, 11) is 0. The number of phenolic OH excluding ortho intramolecular Hbond substituents is 1. The molecule has 4 nitrogen and oxygen atoms in total. The fourth-order valence-electron chi connectivity index (χ4n) is 7.26. The van der Waals surface area contributed by atoms with E-state index >= 15 is 0 Å². The minimum absolute atomic E-state index is 0. The number of pyridine rings is 1. The van der Waals surface area contributed by atoms with E-state index in [1.165, 1.54) is 0 Å². The van der Waals surface area contributed by atoms with Crippen LogP contribution in [0.2, 0.25) is 0 Å². The Morgan fingerprint density at radius 1 is 0.650 bits per heavy atom. The second-order valence-corrected chi connectivity index (χ2v) is 14.3. The predicted octanol–water partition coefficient (Wildman–Crippen LogP) is 14.1. The normalized spacial score (nSPS) is 16.9. The number of para-hydroxylation sites is 1. The summed E-state index contributed by atoms with van der Waals surface area (Å²) in [5.74, 6) is 0.192. The molecule has 0 aliphatic carbocycles. The molecule has 0 aliphatic heterocycles. The molecule has 0 saturated heterocycles. The van der Waals surface area contributed by atoms with Crippen LogP contribution >= 0.6 is 0 Å². The molecule has 0 radical (unpaired) electrons. The predicted molar refractivity (Wildman–Crippen MR) is 245 cm³/mol. The SMILES string of the molecule is [2H]c1nc(-c2[c-]c(-c3cccc4c3nc(-c3cc(C)cc(C)c3O)n4-c3cc(-c4ccccc4)cc(C([2H])([2H])[2H])c3)cc(-c3ccccc3)c2)c([2H])c(-c2c([2H])c([2H])c(C(C([2H])([2H])[2H])(C([2H])([2H])[2H])C([2H])([2H])[2H])c([2H])c2[2H])c1[2H].[Pt]. The van der Waals surface area contributed by atoms with Gasteiger partial charge in [-0.1, -0.05) is 152 Å². The van der Waals surface area contributed by atoms with Crippen LogP contribution in [0.1, 0.15) is 68.9 Å². The molecule has 0 bridgehead atoms. The zero-order valence-corrected chi connectivity index (χ0v) is 34.4. The minimum atomic E-state index is -3.95. The van der Waals surface area contributed by atoms with Gasteiger partial charge in [0.25, 0.3) is 0 Å². The van der Waals surface area contributed by atoms with Gasteiger partial charge in [-0.2, -0.15) is 0 Å². The molecule has 0 spiro atoms. The molecule has 9 aromatic rings. The summed E-state index contributed by atoms with van der Waals surface area (Å²) in [6, 6.07) is 32.3. The van der Waals surface area contributed by atoms with Crippen molar-refractivity contribution in [2.45, 2.75) is 46.7 Å². The quantitative estimate of drug-likeness (QED) is 0.162. The first-order chi connectivity index (χ1) is 36.4. The van der Waals surface area contributed by atoms with Crippen molar-refractivity contribution in [1.82, 2.24) is 14.5 Å². The van der Waals surface area contributed by atoms with Crippen molar-refractivity contribution in [2.75, 3.05) is 0 Å². The molecular weight excluding hydrogens is 914 g/mol. The van der Waals surface area contributed by atoms with Gasteiger partial charge in [0.1, 0.15) is 11.6 Å². The van der Waals surface area contributed by atoms with Gasteiger partial charge in [0.2, 0.25) is 0 Å². The number of hydrogen-bond donors (Lipinski definition) is 1. The molecule has 7 aromatic carbocycles. The van der Waals surface area contributed by atoms with Crippen molar-refractivity contribution in [1.29, 1.82) is 0 Å². The monoisotopic (exact) mass is 978 g/mol. The molecule has 1 N–H and O–H groups in total. The van der Waals surface area contributed by atoms with Gasteiger partial charge in [-0.15, -0.1) is 23.8 Å². The van der Waals surface area contributed by atoms with Crippen LogP contribution in [0.25, 0.3) is 83.9 Å². The van der Waals surface area contributed by atoms with E-state index in [0.29, 0.717) is 55.7 Å². The maximum atomic E-state index is 11.8. The third-order valence-electron chi connectivity index (χ3n) is 10.0. The van der Waals surface area contributed by atoms with E-state index < -0.39 is 91.9 Å². The topological polar surface area (TPSA) is 50.9 Å². The molecule has 0 amide bonds. The maximum Gasteiger partial charge on any atom is 0.148 e. The molecule has 0 atom stereocenters. The van der Waals surface area contributed by atoms with Crippen molar-refractivity contribution in [3.63, 3.8) is 0 Å². The summed E-state index contributed by atoms with van der Waals surface area (Å²) in [5.41, 5.74) is -0.842. The van der Waals surface area contributed by atoms with Gasteiger partial charge in [-0.05, 0) is 106 Å². The zero-order chi connectivity index (χ0) is 56.9. The first-order valence-corrected chi connectivity index (χ1v) is 18.6. The summed E-state index contributed by atoms with van der Waals surface area (Å²) in [6.07, 6.45) is -0.799. The largest absolute Gasteiger partial charge is 0.507 e. The van der Waals surface area contributed by atoms with E-state index in [1.807, 2.05) is 61.5 Å². The van der Waals surface area contributed by atoms with Crippen LogP contribution in [0.5, 0.6) is 5.75 Å². The summed E-state index contributed by atoms with van der Waals surface area (Å²) in [4.78, 5) is 9.56. The Morgan fingerprint density at radius 3 is 2.05 bits per heavy atom. The van der Waals surface area contributed by atoms with Gasteiger partial charge in [0.15, 0.2) is 0 Å². The second-order valence-electron chi connectivity index (χ2n) is 14.3. The Balaban J connectivity index is 0.00000822. The van der Waals surface area contributed by atoms with E-state index in [1.54, 1.807) is 78.2 Å². The molecule has 2 heterocycles. The molecule has 0 aliphatic rings. The van der Waals surface area contributed by atoms with Gasteiger partial charge in [-0.3, -0.25) is 9.55 Å². The van der Waals surface area contributed by atoms with Crippen molar-refractivity contribution in [3.05, 3.63) is 192 Å². The Kier molecular flexibility index (Phi) is 6.39. The van der Waals surface area contributed by atoms with Crippen LogP contribution in [0.3, 0.4) is 0 Å². The number of phenols is 1. The smallest absolute Gasteiger partial charge is 0.148 e. The molecule has 0 saturated carbocycles. The molecular formula is C55H46N3OPt-. The summed E-state index contributed by atoms with van der Waals surface area (Å²) in [6.45, 7) is -10.8. The van der Waals surface area contributed by atoms with Crippen molar-refractivity contribution < 1.29 is 52.2 Å². The van der Waals surface area contributed by atoms with E-state index in [0.717, 1.165) is 11.1 Å². The molecule has 5 heteroatoms. The molecule has 2 aromatic heterocycles. The van der Waals surface area contributed by atoms with E-state index in [2.05, 4.69) is 11.1 Å². The van der Waals surface area contributed by atoms with Gasteiger partial charge in [-0.25, -0.2) is 4.98 Å². The number of imidazole rings is 1. The standard InChI is InChI=1S/C55H46N3O.Pt/c1-35-26-37(3)53(59)49(29-35)54-57-52-48(18-13-19-51(52)58(54)47-28-36(2)27-42(33-47)38-14-9-7-10-15-38)44-30-43(39-16-11-8-12-17-39)31-45(32-44)50-34-41(24-25-56-50)40-20-22-46(23-21-40)55(4,5)6;/h7-31,33-34,59H,1-6H3;/q-1;/i2D3,4D3,5D3,6D3,20D,21D,22D,23D,24D,25D,34D;. The minimum Gasteiger partial charge on any atom is -0.507 e. The van der Waals surface area contributed by atoms with Crippen LogP contribution < -0.4 is 0 Å². The third kappa shape index (κ3) is 7.88. The molecule has 0 unspecified atom stereocenters. The summed E-state index contributed by atoms with van der Waals surface area (Å²) >= 11 is 0. The number of aromatic hydroxyl groups is 1. The number of rotatable bonds is 7. The second kappa shape index (κ2) is 16.4. The maximum absolute atomic E-state index is 11.8. The Bertz CT molecular complexity index is 3800. The number of nitrogens with zero attached hydrogens (tertiary/aromatic N) is 3. The first kappa shape index (κ1) is 23.4. The van der Waals surface area contributed by atoms with Gasteiger partial charge < -0.3 is 5.11 Å². The first-order valence-electron chi connectivity index (χ1n) is 28.1. The number of aryl methyl sites for hydroxylation is 3. The molecule has 298 valence electrons. The van der Waals surface area contributed by atoms with Crippen molar-refractivity contribution in [3.8, 4) is 78.6 Å². The molecule has 0 fully saturated rings. The van der Waals surface area contributed by atoms with Crippen LogP contribution in [0.4, 0.5) is 0 Å². The van der Waals surface area contributed by atoms with Crippen LogP contribution in [0.15, 0.2) is 164 Å². The van der Waals surface area contributed by atoms with Crippen molar-refractivity contribution >= 4 is 11.0 Å². The number of aromatic nitrogens is 3. The third-order valence-corrected chi connectivity index (χ3v) is 10.0. The molecule has 60 heavy (non-hydrogen) atoms. The van der Waals surface area contributed by atoms with Gasteiger partial charge in [0.05, 0.1) is 26.2 Å². The zero-order valence-electron chi connectivity index (χ0n) is 51.2. The summed E-state index contributed by atoms with van der Waals surface area (Å²) in [5, 5.41) is 11.8. The summed E-state index contributed by atoms with van der Waals surface area (Å²) < 4.78 is 165. The van der Waals surface area contributed by atoms with E-state index in [4.69, 9.17) is 29.7 Å². The average molecular weight is 979 g/mol. The fourth-order valence-corrected chi connectivity index (χ4v) is 7.26. The fraction of sp³-hybridized carbons (Fsp3) is 0.127. The van der Waals surface area contributed by atoms with Crippen LogP contribution in [-0.4, -0.2) is 19.6 Å².